The van der Waals surface area contributed by atoms with Gasteiger partial charge in [-0.3, -0.25) is 4.79 Å². The van der Waals surface area contributed by atoms with Crippen molar-refractivity contribution >= 4 is 5.91 Å². The van der Waals surface area contributed by atoms with Crippen molar-refractivity contribution in [1.82, 2.24) is 5.32 Å². The molecule has 3 nitrogen and oxygen atoms in total. The maximum absolute atomic E-state index is 13.3. The third-order valence-corrected chi connectivity index (χ3v) is 2.97. The number of halogens is 1. The monoisotopic (exact) mass is 223 g/mol. The van der Waals surface area contributed by atoms with E-state index in [1.165, 1.54) is 18.6 Å². The van der Waals surface area contributed by atoms with Gasteiger partial charge >= 0.3 is 0 Å². The van der Waals surface area contributed by atoms with Crippen molar-refractivity contribution in [2.45, 2.75) is 19.3 Å². The Morgan fingerprint density at radius 3 is 2.81 bits per heavy atom. The molecule has 1 saturated carbocycles. The number of carbonyl (C=O) groups is 1. The SMILES string of the molecule is O=C(NCC1CCC1)c1ccc(O)cc1F. The van der Waals surface area contributed by atoms with Crippen LogP contribution in [-0.4, -0.2) is 17.6 Å². The predicted octanol–water partition coefficient (Wildman–Crippen LogP) is 2.06. The first-order valence-corrected chi connectivity index (χ1v) is 5.43. The summed E-state index contributed by atoms with van der Waals surface area (Å²) in [5.74, 6) is -0.729. The minimum atomic E-state index is -0.689. The van der Waals surface area contributed by atoms with Gasteiger partial charge in [0.15, 0.2) is 0 Å². The van der Waals surface area contributed by atoms with Gasteiger partial charge in [-0.1, -0.05) is 6.42 Å². The number of phenolic OH excluding ortho intramolecular Hbond substituents is 1. The predicted molar refractivity (Wildman–Crippen MR) is 57.7 cm³/mol. The average Bonchev–Trinajstić information content (AvgIpc) is 2.14. The summed E-state index contributed by atoms with van der Waals surface area (Å²) < 4.78 is 13.3. The van der Waals surface area contributed by atoms with Gasteiger partial charge in [0, 0.05) is 12.6 Å². The molecular weight excluding hydrogens is 209 g/mol. The zero-order valence-corrected chi connectivity index (χ0v) is 8.87. The molecular formula is C12H14FNO2. The average molecular weight is 223 g/mol. The minimum Gasteiger partial charge on any atom is -0.508 e. The van der Waals surface area contributed by atoms with E-state index in [9.17, 15) is 9.18 Å². The Balaban J connectivity index is 1.96. The van der Waals surface area contributed by atoms with Crippen LogP contribution in [0.25, 0.3) is 0 Å². The third-order valence-electron chi connectivity index (χ3n) is 2.97. The topological polar surface area (TPSA) is 49.3 Å². The zero-order chi connectivity index (χ0) is 11.5. The Morgan fingerprint density at radius 1 is 1.50 bits per heavy atom. The molecule has 0 saturated heterocycles. The first-order chi connectivity index (χ1) is 7.66. The number of hydrogen-bond acceptors (Lipinski definition) is 2. The van der Waals surface area contributed by atoms with Crippen LogP contribution in [0, 0.1) is 11.7 Å². The number of aromatic hydroxyl groups is 1. The van der Waals surface area contributed by atoms with E-state index >= 15 is 0 Å². The Hall–Kier alpha value is -1.58. The molecule has 0 heterocycles. The van der Waals surface area contributed by atoms with E-state index in [-0.39, 0.29) is 11.3 Å². The summed E-state index contributed by atoms with van der Waals surface area (Å²) in [5.41, 5.74) is -0.0166. The summed E-state index contributed by atoms with van der Waals surface area (Å²) in [6, 6.07) is 3.54. The van der Waals surface area contributed by atoms with Crippen molar-refractivity contribution in [3.63, 3.8) is 0 Å². The number of benzene rings is 1. The number of phenols is 1. The van der Waals surface area contributed by atoms with Crippen LogP contribution in [0.2, 0.25) is 0 Å². The second-order valence-electron chi connectivity index (χ2n) is 4.17. The largest absolute Gasteiger partial charge is 0.508 e. The maximum Gasteiger partial charge on any atom is 0.254 e. The fourth-order valence-electron chi connectivity index (χ4n) is 1.72. The van der Waals surface area contributed by atoms with Crippen LogP contribution in [-0.2, 0) is 0 Å². The van der Waals surface area contributed by atoms with Gasteiger partial charge in [-0.2, -0.15) is 0 Å². The molecule has 0 aliphatic heterocycles. The molecule has 1 fully saturated rings. The summed E-state index contributed by atoms with van der Waals surface area (Å²) in [6.07, 6.45) is 3.49. The highest BCUT2D eigenvalue weighted by molar-refractivity contribution is 5.94. The molecule has 1 aliphatic rings. The smallest absolute Gasteiger partial charge is 0.254 e. The van der Waals surface area contributed by atoms with E-state index in [2.05, 4.69) is 5.32 Å². The van der Waals surface area contributed by atoms with Crippen molar-refractivity contribution in [2.75, 3.05) is 6.54 Å². The molecule has 0 aromatic heterocycles. The molecule has 4 heteroatoms. The van der Waals surface area contributed by atoms with Crippen LogP contribution in [0.3, 0.4) is 0 Å². The van der Waals surface area contributed by atoms with Crippen molar-refractivity contribution in [3.05, 3.63) is 29.6 Å². The minimum absolute atomic E-state index is 0.0166. The molecule has 1 amide bonds. The molecule has 0 atom stereocenters. The summed E-state index contributed by atoms with van der Waals surface area (Å²) in [6.45, 7) is 0.610. The molecule has 0 bridgehead atoms. The number of nitrogens with one attached hydrogen (secondary N) is 1. The van der Waals surface area contributed by atoms with Crippen LogP contribution in [0.4, 0.5) is 4.39 Å². The normalized spacial score (nSPS) is 15.6. The molecule has 16 heavy (non-hydrogen) atoms. The second-order valence-corrected chi connectivity index (χ2v) is 4.17. The first-order valence-electron chi connectivity index (χ1n) is 5.43. The van der Waals surface area contributed by atoms with Crippen molar-refractivity contribution in [3.8, 4) is 5.75 Å². The van der Waals surface area contributed by atoms with Crippen LogP contribution >= 0.6 is 0 Å². The fraction of sp³-hybridized carbons (Fsp3) is 0.417. The van der Waals surface area contributed by atoms with Crippen molar-refractivity contribution in [2.24, 2.45) is 5.92 Å². The van der Waals surface area contributed by atoms with Gasteiger partial charge in [0.25, 0.3) is 5.91 Å². The maximum atomic E-state index is 13.3. The molecule has 0 spiro atoms. The molecule has 2 N–H and O–H groups in total. The van der Waals surface area contributed by atoms with E-state index in [0.29, 0.717) is 12.5 Å². The van der Waals surface area contributed by atoms with Crippen LogP contribution < -0.4 is 5.32 Å². The lowest BCUT2D eigenvalue weighted by atomic mass is 9.85. The number of hydrogen-bond donors (Lipinski definition) is 2. The quantitative estimate of drug-likeness (QED) is 0.824. The molecule has 2 rings (SSSR count). The Morgan fingerprint density at radius 2 is 2.25 bits per heavy atom. The lowest BCUT2D eigenvalue weighted by molar-refractivity contribution is 0.0935. The second kappa shape index (κ2) is 4.51. The lowest BCUT2D eigenvalue weighted by Gasteiger charge is -2.25. The standard InChI is InChI=1S/C12H14FNO2/c13-11-6-9(15)4-5-10(11)12(16)14-7-8-2-1-3-8/h4-6,8,15H,1-3,7H2,(H,14,16). The van der Waals surface area contributed by atoms with Crippen LogP contribution in [0.5, 0.6) is 5.75 Å². The lowest BCUT2D eigenvalue weighted by Crippen LogP contribution is -2.32. The van der Waals surface area contributed by atoms with Gasteiger partial charge < -0.3 is 10.4 Å². The summed E-state index contributed by atoms with van der Waals surface area (Å²) >= 11 is 0. The summed E-state index contributed by atoms with van der Waals surface area (Å²) in [5, 5.41) is 11.7. The van der Waals surface area contributed by atoms with Crippen LogP contribution in [0.1, 0.15) is 29.6 Å². The van der Waals surface area contributed by atoms with Gasteiger partial charge in [-0.15, -0.1) is 0 Å². The van der Waals surface area contributed by atoms with E-state index in [4.69, 9.17) is 5.11 Å². The van der Waals surface area contributed by atoms with Gasteiger partial charge in [0.2, 0.25) is 0 Å². The van der Waals surface area contributed by atoms with Crippen LogP contribution in [0.15, 0.2) is 18.2 Å². The molecule has 1 aromatic carbocycles. The Kier molecular flexibility index (Phi) is 3.08. The van der Waals surface area contributed by atoms with Gasteiger partial charge in [-0.05, 0) is 30.9 Å². The number of carbonyl (C=O) groups excluding carboxylic acids is 1. The van der Waals surface area contributed by atoms with E-state index in [0.717, 1.165) is 18.9 Å². The fourth-order valence-corrected chi connectivity index (χ4v) is 1.72. The summed E-state index contributed by atoms with van der Waals surface area (Å²) in [4.78, 5) is 11.6. The highest BCUT2D eigenvalue weighted by Gasteiger charge is 2.19. The third kappa shape index (κ3) is 2.32. The van der Waals surface area contributed by atoms with E-state index in [1.54, 1.807) is 0 Å². The molecule has 0 radical (unpaired) electrons. The molecule has 86 valence electrons. The molecule has 0 unspecified atom stereocenters. The molecule has 1 aliphatic carbocycles. The zero-order valence-electron chi connectivity index (χ0n) is 8.87. The number of rotatable bonds is 3. The number of amides is 1. The van der Waals surface area contributed by atoms with Crippen molar-refractivity contribution in [1.29, 1.82) is 0 Å². The first kappa shape index (κ1) is 10.9. The Labute approximate surface area is 93.3 Å². The van der Waals surface area contributed by atoms with E-state index in [1.807, 2.05) is 0 Å². The molecule has 1 aromatic rings. The summed E-state index contributed by atoms with van der Waals surface area (Å²) in [7, 11) is 0. The Bertz CT molecular complexity index is 402. The van der Waals surface area contributed by atoms with E-state index < -0.39 is 11.7 Å². The van der Waals surface area contributed by atoms with Gasteiger partial charge in [0.1, 0.15) is 11.6 Å². The van der Waals surface area contributed by atoms with Gasteiger partial charge in [0.05, 0.1) is 5.56 Å². The van der Waals surface area contributed by atoms with Crippen molar-refractivity contribution < 1.29 is 14.3 Å². The highest BCUT2D eigenvalue weighted by Crippen LogP contribution is 2.25. The van der Waals surface area contributed by atoms with Gasteiger partial charge in [-0.25, -0.2) is 4.39 Å². The highest BCUT2D eigenvalue weighted by atomic mass is 19.1.